The number of halogens is 1. The Balaban J connectivity index is 2.29. The Labute approximate surface area is 125 Å². The molecule has 0 saturated carbocycles. The zero-order chi connectivity index (χ0) is 13.9. The topological polar surface area (TPSA) is 59.1 Å². The van der Waals surface area contributed by atoms with Crippen molar-refractivity contribution in [2.45, 2.75) is 24.3 Å². The first-order valence-corrected chi connectivity index (χ1v) is 8.86. The second kappa shape index (κ2) is 6.13. The SMILES string of the molecule is CCC(NS(=O)(=O)c1ccccc1Br)c1nccs1. The lowest BCUT2D eigenvalue weighted by atomic mass is 10.3. The van der Waals surface area contributed by atoms with Crippen LogP contribution in [0, 0.1) is 0 Å². The summed E-state index contributed by atoms with van der Waals surface area (Å²) in [6.45, 7) is 1.93. The van der Waals surface area contributed by atoms with Crippen molar-refractivity contribution in [1.29, 1.82) is 0 Å². The van der Waals surface area contributed by atoms with E-state index in [0.29, 0.717) is 10.9 Å². The predicted molar refractivity (Wildman–Crippen MR) is 79.6 cm³/mol. The van der Waals surface area contributed by atoms with Crippen molar-refractivity contribution in [3.63, 3.8) is 0 Å². The minimum atomic E-state index is -3.56. The molecule has 1 aromatic heterocycles. The summed E-state index contributed by atoms with van der Waals surface area (Å²) in [6, 6.07) is 6.46. The number of sulfonamides is 1. The van der Waals surface area contributed by atoms with Crippen molar-refractivity contribution in [2.24, 2.45) is 0 Å². The average Bonchev–Trinajstić information content (AvgIpc) is 2.90. The third-order valence-electron chi connectivity index (χ3n) is 2.58. The summed E-state index contributed by atoms with van der Waals surface area (Å²) in [5.41, 5.74) is 0. The van der Waals surface area contributed by atoms with Crippen molar-refractivity contribution in [1.82, 2.24) is 9.71 Å². The fourth-order valence-electron chi connectivity index (χ4n) is 1.63. The zero-order valence-corrected chi connectivity index (χ0v) is 13.4. The molecule has 2 aromatic rings. The van der Waals surface area contributed by atoms with Crippen LogP contribution in [-0.4, -0.2) is 13.4 Å². The van der Waals surface area contributed by atoms with Gasteiger partial charge >= 0.3 is 0 Å². The molecule has 0 aliphatic carbocycles. The minimum absolute atomic E-state index is 0.241. The van der Waals surface area contributed by atoms with Crippen molar-refractivity contribution in [3.05, 3.63) is 45.3 Å². The largest absolute Gasteiger partial charge is 0.248 e. The summed E-state index contributed by atoms with van der Waals surface area (Å²) in [5.74, 6) is 0. The standard InChI is InChI=1S/C12H13BrN2O2S2/c1-2-10(12-14-7-8-18-12)15-19(16,17)11-6-4-3-5-9(11)13/h3-8,10,15H,2H2,1H3. The first-order chi connectivity index (χ1) is 9.04. The van der Waals surface area contributed by atoms with Gasteiger partial charge in [-0.15, -0.1) is 11.3 Å². The van der Waals surface area contributed by atoms with E-state index in [2.05, 4.69) is 25.6 Å². The zero-order valence-electron chi connectivity index (χ0n) is 10.2. The van der Waals surface area contributed by atoms with Gasteiger partial charge in [0.2, 0.25) is 10.0 Å². The molecule has 1 N–H and O–H groups in total. The molecular formula is C12H13BrN2O2S2. The molecule has 7 heteroatoms. The van der Waals surface area contributed by atoms with Crippen LogP contribution in [0.2, 0.25) is 0 Å². The van der Waals surface area contributed by atoms with E-state index in [4.69, 9.17) is 0 Å². The number of hydrogen-bond donors (Lipinski definition) is 1. The highest BCUT2D eigenvalue weighted by molar-refractivity contribution is 9.10. The van der Waals surface area contributed by atoms with Crippen LogP contribution in [0.5, 0.6) is 0 Å². The Morgan fingerprint density at radius 3 is 2.74 bits per heavy atom. The van der Waals surface area contributed by atoms with Crippen LogP contribution in [0.15, 0.2) is 45.2 Å². The monoisotopic (exact) mass is 360 g/mol. The van der Waals surface area contributed by atoms with Gasteiger partial charge in [-0.25, -0.2) is 18.1 Å². The highest BCUT2D eigenvalue weighted by atomic mass is 79.9. The molecule has 0 saturated heterocycles. The summed E-state index contributed by atoms with van der Waals surface area (Å²) >= 11 is 4.71. The van der Waals surface area contributed by atoms with Crippen molar-refractivity contribution in [3.8, 4) is 0 Å². The maximum atomic E-state index is 12.4. The van der Waals surface area contributed by atoms with Gasteiger partial charge < -0.3 is 0 Å². The molecule has 0 spiro atoms. The number of thiazole rings is 1. The molecule has 0 bridgehead atoms. The molecule has 4 nitrogen and oxygen atoms in total. The van der Waals surface area contributed by atoms with Crippen molar-refractivity contribution in [2.75, 3.05) is 0 Å². The number of nitrogens with one attached hydrogen (secondary N) is 1. The van der Waals surface area contributed by atoms with Gasteiger partial charge in [0.05, 0.1) is 10.9 Å². The van der Waals surface area contributed by atoms with Gasteiger partial charge in [0.1, 0.15) is 5.01 Å². The summed E-state index contributed by atoms with van der Waals surface area (Å²) in [6.07, 6.45) is 2.33. The maximum absolute atomic E-state index is 12.4. The van der Waals surface area contributed by atoms with Gasteiger partial charge in [0, 0.05) is 16.0 Å². The van der Waals surface area contributed by atoms with Crippen LogP contribution in [0.3, 0.4) is 0 Å². The van der Waals surface area contributed by atoms with E-state index >= 15 is 0 Å². The molecular weight excluding hydrogens is 348 g/mol. The van der Waals surface area contributed by atoms with E-state index in [1.54, 1.807) is 30.5 Å². The van der Waals surface area contributed by atoms with Gasteiger partial charge in [-0.05, 0) is 34.5 Å². The summed E-state index contributed by atoms with van der Waals surface area (Å²) < 4.78 is 28.0. The fraction of sp³-hybridized carbons (Fsp3) is 0.250. The molecule has 102 valence electrons. The molecule has 2 rings (SSSR count). The lowest BCUT2D eigenvalue weighted by molar-refractivity contribution is 0.548. The highest BCUT2D eigenvalue weighted by Crippen LogP contribution is 2.25. The van der Waals surface area contributed by atoms with Crippen LogP contribution in [-0.2, 0) is 10.0 Å². The minimum Gasteiger partial charge on any atom is -0.248 e. The van der Waals surface area contributed by atoms with Gasteiger partial charge in [-0.1, -0.05) is 19.1 Å². The number of benzene rings is 1. The van der Waals surface area contributed by atoms with Gasteiger partial charge in [-0.3, -0.25) is 0 Å². The van der Waals surface area contributed by atoms with Crippen LogP contribution >= 0.6 is 27.3 Å². The van der Waals surface area contributed by atoms with Crippen LogP contribution in [0.1, 0.15) is 24.4 Å². The lowest BCUT2D eigenvalue weighted by Crippen LogP contribution is -2.28. The third kappa shape index (κ3) is 3.42. The molecule has 0 amide bonds. The number of aromatic nitrogens is 1. The molecule has 1 unspecified atom stereocenters. The van der Waals surface area contributed by atoms with Crippen LogP contribution < -0.4 is 4.72 Å². The molecule has 0 aliphatic heterocycles. The van der Waals surface area contributed by atoms with E-state index in [0.717, 1.165) is 5.01 Å². The maximum Gasteiger partial charge on any atom is 0.242 e. The van der Waals surface area contributed by atoms with Gasteiger partial charge in [0.15, 0.2) is 0 Å². The Morgan fingerprint density at radius 1 is 1.42 bits per heavy atom. The van der Waals surface area contributed by atoms with Gasteiger partial charge in [0.25, 0.3) is 0 Å². The lowest BCUT2D eigenvalue weighted by Gasteiger charge is -2.15. The second-order valence-corrected chi connectivity index (χ2v) is 7.35. The Bertz CT molecular complexity index is 642. The summed E-state index contributed by atoms with van der Waals surface area (Å²) in [5, 5.41) is 2.61. The Morgan fingerprint density at radius 2 is 2.16 bits per heavy atom. The number of rotatable bonds is 5. The molecule has 19 heavy (non-hydrogen) atoms. The first kappa shape index (κ1) is 14.6. The molecule has 1 aromatic carbocycles. The predicted octanol–water partition coefficient (Wildman–Crippen LogP) is 3.34. The molecule has 0 radical (unpaired) electrons. The number of hydrogen-bond acceptors (Lipinski definition) is 4. The summed E-state index contributed by atoms with van der Waals surface area (Å²) in [4.78, 5) is 4.41. The molecule has 0 aliphatic rings. The smallest absolute Gasteiger partial charge is 0.242 e. The first-order valence-electron chi connectivity index (χ1n) is 5.71. The molecule has 0 fully saturated rings. The van der Waals surface area contributed by atoms with E-state index in [9.17, 15) is 8.42 Å². The normalized spacial score (nSPS) is 13.4. The van der Waals surface area contributed by atoms with Gasteiger partial charge in [-0.2, -0.15) is 0 Å². The quantitative estimate of drug-likeness (QED) is 0.889. The van der Waals surface area contributed by atoms with Crippen LogP contribution in [0.25, 0.3) is 0 Å². The summed E-state index contributed by atoms with van der Waals surface area (Å²) in [7, 11) is -3.56. The van der Waals surface area contributed by atoms with Crippen LogP contribution in [0.4, 0.5) is 0 Å². The Hall–Kier alpha value is -0.760. The van der Waals surface area contributed by atoms with E-state index in [1.807, 2.05) is 12.3 Å². The number of nitrogens with zero attached hydrogens (tertiary/aromatic N) is 1. The van der Waals surface area contributed by atoms with E-state index < -0.39 is 10.0 Å². The van der Waals surface area contributed by atoms with Crippen molar-refractivity contribution >= 4 is 37.3 Å². The van der Waals surface area contributed by atoms with Crippen molar-refractivity contribution < 1.29 is 8.42 Å². The second-order valence-electron chi connectivity index (χ2n) is 3.88. The van der Waals surface area contributed by atoms with E-state index in [-0.39, 0.29) is 10.9 Å². The average molecular weight is 361 g/mol. The highest BCUT2D eigenvalue weighted by Gasteiger charge is 2.23. The fourth-order valence-corrected chi connectivity index (χ4v) is 4.76. The molecule has 1 heterocycles. The van der Waals surface area contributed by atoms with E-state index in [1.165, 1.54) is 11.3 Å². The third-order valence-corrected chi connectivity index (χ3v) is 5.95. The molecule has 1 atom stereocenters. The Kier molecular flexibility index (Phi) is 4.72.